The maximum absolute atomic E-state index is 13.0. The summed E-state index contributed by atoms with van der Waals surface area (Å²) in [6, 6.07) is 5.51. The van der Waals surface area contributed by atoms with Gasteiger partial charge in [-0.05, 0) is 61.8 Å². The average molecular weight is 417 g/mol. The monoisotopic (exact) mass is 416 g/mol. The Bertz CT molecular complexity index is 1040. The molecular formula is C20H24N4O4S. The number of piperidine rings is 1. The van der Waals surface area contributed by atoms with E-state index < -0.39 is 10.0 Å². The Labute approximate surface area is 169 Å². The number of benzene rings is 1. The topological polar surface area (TPSA) is 105 Å². The first kappa shape index (κ1) is 18.7. The molecule has 3 heterocycles. The highest BCUT2D eigenvalue weighted by Gasteiger charge is 2.41. The van der Waals surface area contributed by atoms with Gasteiger partial charge in [-0.2, -0.15) is 9.29 Å². The van der Waals surface area contributed by atoms with Crippen molar-refractivity contribution in [3.8, 4) is 0 Å². The second kappa shape index (κ2) is 7.21. The third-order valence-corrected chi connectivity index (χ3v) is 8.04. The molecule has 1 aliphatic carbocycles. The second-order valence-corrected chi connectivity index (χ2v) is 10.1. The van der Waals surface area contributed by atoms with Crippen molar-refractivity contribution in [3.05, 3.63) is 41.0 Å². The van der Waals surface area contributed by atoms with Crippen molar-refractivity contribution in [1.82, 2.24) is 19.8 Å². The highest BCUT2D eigenvalue weighted by Crippen LogP contribution is 2.33. The number of hydrogen-bond acceptors (Lipinski definition) is 6. The molecule has 0 saturated carbocycles. The SMILES string of the molecule is O=C1NCCCC1c1noc(C2CN(S(=O)(=O)c3ccc4c(c3)CCCC4)C2)n1. The minimum Gasteiger partial charge on any atom is -0.355 e. The fourth-order valence-electron chi connectivity index (χ4n) is 4.38. The third kappa shape index (κ3) is 3.36. The number of sulfonamides is 1. The van der Waals surface area contributed by atoms with E-state index in [4.69, 9.17) is 4.52 Å². The van der Waals surface area contributed by atoms with Crippen molar-refractivity contribution in [2.45, 2.75) is 55.3 Å². The summed E-state index contributed by atoms with van der Waals surface area (Å²) in [5.74, 6) is 0.226. The molecule has 1 N–H and O–H groups in total. The standard InChI is InChI=1S/C20H24N4O4S/c25-19-17(6-3-9-21-19)18-22-20(28-23-18)15-11-24(12-15)29(26,27)16-8-7-13-4-1-2-5-14(13)10-16/h7-8,10,15,17H,1-6,9,11-12H2,(H,21,25). The highest BCUT2D eigenvalue weighted by molar-refractivity contribution is 7.89. The van der Waals surface area contributed by atoms with Crippen LogP contribution < -0.4 is 5.32 Å². The molecule has 0 spiro atoms. The van der Waals surface area contributed by atoms with Gasteiger partial charge in [0.15, 0.2) is 5.82 Å². The first-order valence-corrected chi connectivity index (χ1v) is 11.7. The van der Waals surface area contributed by atoms with Crippen molar-refractivity contribution in [3.63, 3.8) is 0 Å². The zero-order chi connectivity index (χ0) is 20.0. The van der Waals surface area contributed by atoms with Crippen molar-refractivity contribution >= 4 is 15.9 Å². The largest absolute Gasteiger partial charge is 0.355 e. The lowest BCUT2D eigenvalue weighted by molar-refractivity contribution is -0.124. The first-order chi connectivity index (χ1) is 14.0. The molecule has 5 rings (SSSR count). The van der Waals surface area contributed by atoms with Gasteiger partial charge in [0.1, 0.15) is 5.92 Å². The van der Waals surface area contributed by atoms with Crippen LogP contribution in [-0.2, 0) is 27.7 Å². The van der Waals surface area contributed by atoms with E-state index in [1.807, 2.05) is 12.1 Å². The van der Waals surface area contributed by atoms with E-state index in [0.717, 1.165) is 31.2 Å². The number of rotatable bonds is 4. The maximum Gasteiger partial charge on any atom is 0.243 e. The van der Waals surface area contributed by atoms with Crippen LogP contribution in [0.1, 0.15) is 60.4 Å². The lowest BCUT2D eigenvalue weighted by Crippen LogP contribution is -2.48. The summed E-state index contributed by atoms with van der Waals surface area (Å²) in [6.07, 6.45) is 5.84. The fourth-order valence-corrected chi connectivity index (χ4v) is 5.96. The molecule has 1 unspecified atom stereocenters. The van der Waals surface area contributed by atoms with E-state index in [1.165, 1.54) is 16.3 Å². The van der Waals surface area contributed by atoms with Crippen molar-refractivity contribution in [2.75, 3.05) is 19.6 Å². The Kier molecular flexibility index (Phi) is 4.66. The number of carbonyl (C=O) groups excluding carboxylic acids is 1. The number of nitrogens with zero attached hydrogens (tertiary/aromatic N) is 3. The van der Waals surface area contributed by atoms with Gasteiger partial charge in [-0.3, -0.25) is 4.79 Å². The van der Waals surface area contributed by atoms with Crippen LogP contribution in [-0.4, -0.2) is 48.4 Å². The Morgan fingerprint density at radius 3 is 2.69 bits per heavy atom. The van der Waals surface area contributed by atoms with E-state index in [1.54, 1.807) is 6.07 Å². The number of aromatic nitrogens is 2. The van der Waals surface area contributed by atoms with Gasteiger partial charge in [0, 0.05) is 19.6 Å². The first-order valence-electron chi connectivity index (χ1n) is 10.3. The van der Waals surface area contributed by atoms with Gasteiger partial charge in [0.05, 0.1) is 10.8 Å². The van der Waals surface area contributed by atoms with E-state index in [2.05, 4.69) is 15.5 Å². The summed E-state index contributed by atoms with van der Waals surface area (Å²) < 4.78 is 32.8. The molecule has 1 atom stereocenters. The number of amides is 1. The predicted molar refractivity (Wildman–Crippen MR) is 104 cm³/mol. The van der Waals surface area contributed by atoms with Gasteiger partial charge in [-0.15, -0.1) is 0 Å². The molecule has 154 valence electrons. The quantitative estimate of drug-likeness (QED) is 0.814. The van der Waals surface area contributed by atoms with Crippen LogP contribution in [0, 0.1) is 0 Å². The Morgan fingerprint density at radius 2 is 1.90 bits per heavy atom. The molecule has 0 bridgehead atoms. The average Bonchev–Trinajstić information content (AvgIpc) is 3.16. The Balaban J connectivity index is 1.27. The molecule has 0 radical (unpaired) electrons. The van der Waals surface area contributed by atoms with Crippen LogP contribution in [0.15, 0.2) is 27.6 Å². The summed E-state index contributed by atoms with van der Waals surface area (Å²) in [6.45, 7) is 1.31. The Hall–Kier alpha value is -2.26. The number of carbonyl (C=O) groups is 1. The van der Waals surface area contributed by atoms with Crippen molar-refractivity contribution in [1.29, 1.82) is 0 Å². The second-order valence-electron chi connectivity index (χ2n) is 8.13. The molecule has 2 aromatic rings. The minimum atomic E-state index is -3.52. The van der Waals surface area contributed by atoms with Crippen LogP contribution in [0.3, 0.4) is 0 Å². The molecule has 2 saturated heterocycles. The van der Waals surface area contributed by atoms with Crippen LogP contribution in [0.25, 0.3) is 0 Å². The summed E-state index contributed by atoms with van der Waals surface area (Å²) in [4.78, 5) is 16.7. The van der Waals surface area contributed by atoms with Crippen LogP contribution in [0.4, 0.5) is 0 Å². The molecule has 1 aromatic carbocycles. The molecule has 1 aromatic heterocycles. The summed E-state index contributed by atoms with van der Waals surface area (Å²) in [7, 11) is -3.52. The summed E-state index contributed by atoms with van der Waals surface area (Å²) in [5.41, 5.74) is 2.42. The fraction of sp³-hybridized carbons (Fsp3) is 0.550. The molecule has 2 aliphatic heterocycles. The summed E-state index contributed by atoms with van der Waals surface area (Å²) >= 11 is 0. The van der Waals surface area contributed by atoms with Crippen LogP contribution >= 0.6 is 0 Å². The molecular weight excluding hydrogens is 392 g/mol. The number of nitrogens with one attached hydrogen (secondary N) is 1. The predicted octanol–water partition coefficient (Wildman–Crippen LogP) is 1.73. The van der Waals surface area contributed by atoms with Gasteiger partial charge >= 0.3 is 0 Å². The van der Waals surface area contributed by atoms with Gasteiger partial charge < -0.3 is 9.84 Å². The van der Waals surface area contributed by atoms with Gasteiger partial charge in [0.25, 0.3) is 0 Å². The number of aryl methyl sites for hydroxylation is 2. The zero-order valence-corrected chi connectivity index (χ0v) is 17.0. The van der Waals surface area contributed by atoms with E-state index in [0.29, 0.717) is 42.7 Å². The molecule has 2 fully saturated rings. The zero-order valence-electron chi connectivity index (χ0n) is 16.1. The van der Waals surface area contributed by atoms with Gasteiger partial charge in [-0.1, -0.05) is 11.2 Å². The molecule has 29 heavy (non-hydrogen) atoms. The number of hydrogen-bond donors (Lipinski definition) is 1. The van der Waals surface area contributed by atoms with Crippen LogP contribution in [0.5, 0.6) is 0 Å². The van der Waals surface area contributed by atoms with Gasteiger partial charge in [-0.25, -0.2) is 8.42 Å². The summed E-state index contributed by atoms with van der Waals surface area (Å²) in [5, 5.41) is 6.79. The normalized spacial score (nSPS) is 23.3. The van der Waals surface area contributed by atoms with Crippen LogP contribution in [0.2, 0.25) is 0 Å². The molecule has 8 nitrogen and oxygen atoms in total. The van der Waals surface area contributed by atoms with E-state index in [9.17, 15) is 13.2 Å². The minimum absolute atomic E-state index is 0.0752. The third-order valence-electron chi connectivity index (χ3n) is 6.21. The Morgan fingerprint density at radius 1 is 1.10 bits per heavy atom. The highest BCUT2D eigenvalue weighted by atomic mass is 32.2. The number of fused-ring (bicyclic) bond motifs is 1. The van der Waals surface area contributed by atoms with Gasteiger partial charge in [0.2, 0.25) is 21.8 Å². The van der Waals surface area contributed by atoms with E-state index in [-0.39, 0.29) is 17.7 Å². The molecule has 1 amide bonds. The maximum atomic E-state index is 13.0. The molecule has 3 aliphatic rings. The molecule has 9 heteroatoms. The lowest BCUT2D eigenvalue weighted by Gasteiger charge is -2.36. The van der Waals surface area contributed by atoms with Crippen molar-refractivity contribution < 1.29 is 17.7 Å². The lowest BCUT2D eigenvalue weighted by atomic mass is 9.92. The van der Waals surface area contributed by atoms with E-state index >= 15 is 0 Å². The smallest absolute Gasteiger partial charge is 0.243 e. The van der Waals surface area contributed by atoms with Crippen molar-refractivity contribution in [2.24, 2.45) is 0 Å².